The Kier molecular flexibility index (Phi) is 7.75. The van der Waals surface area contributed by atoms with Gasteiger partial charge in [-0.05, 0) is 52.5 Å². The number of fused-ring (bicyclic) bond motifs is 1. The Morgan fingerprint density at radius 3 is 2.69 bits per heavy atom. The lowest BCUT2D eigenvalue weighted by Gasteiger charge is -2.36. The average molecular weight is 692 g/mol. The first kappa shape index (κ1) is 25.7. The molecule has 1 saturated heterocycles. The van der Waals surface area contributed by atoms with Crippen molar-refractivity contribution < 1.29 is 17.4 Å². The molecule has 0 amide bonds. The third-order valence-corrected chi connectivity index (χ3v) is 11.5. The number of piperidine rings is 1. The van der Waals surface area contributed by atoms with Crippen molar-refractivity contribution in [2.24, 2.45) is 10.9 Å². The Morgan fingerprint density at radius 2 is 1.97 bits per heavy atom. The lowest BCUT2D eigenvalue weighted by molar-refractivity contribution is -0.139. The van der Waals surface area contributed by atoms with Crippen LogP contribution in [0, 0.1) is 5.92 Å². The van der Waals surface area contributed by atoms with Crippen molar-refractivity contribution in [2.75, 3.05) is 13.1 Å². The van der Waals surface area contributed by atoms with Crippen LogP contribution in [0.3, 0.4) is 0 Å². The maximum atomic E-state index is 13.4. The largest absolute Gasteiger partial charge is 0.417 e. The second kappa shape index (κ2) is 10.8. The third kappa shape index (κ3) is 5.50. The topological polar surface area (TPSA) is 60.8 Å². The molecule has 1 atom stereocenters. The monoisotopic (exact) mass is 691 g/mol. The van der Waals surface area contributed by atoms with Gasteiger partial charge in [-0.2, -0.15) is 13.2 Å². The molecule has 1 aromatic heterocycles. The molecule has 12 heteroatoms. The summed E-state index contributed by atoms with van der Waals surface area (Å²) >= 11 is 3.26. The Labute approximate surface area is 228 Å². The molecule has 0 aliphatic carbocycles. The predicted octanol–water partition coefficient (Wildman–Crippen LogP) is 5.49. The van der Waals surface area contributed by atoms with Crippen LogP contribution in [-0.2, 0) is 23.7 Å². The van der Waals surface area contributed by atoms with Crippen LogP contribution in [0.1, 0.15) is 24.0 Å². The van der Waals surface area contributed by atoms with Crippen LogP contribution in [0.25, 0.3) is 0 Å². The first-order valence-electron chi connectivity index (χ1n) is 11.2. The van der Waals surface area contributed by atoms with E-state index in [1.807, 2.05) is 12.1 Å². The molecule has 36 heavy (non-hydrogen) atoms. The number of halogens is 5. The minimum atomic E-state index is -4.54. The molecule has 1 unspecified atom stereocenters. The standard InChI is InChI=1S/C24H22BrF3IN5OS/c25-19-13-29-34-22(31-15-16-4-3-9-30-14-16)12-20(32-23(19)34)17-7-10-33(11-8-17)36(35)21-6-2-1-5-18(21)24(26,27)28/h1-6,9,12-14,17,32H,7-8,10-11,15H2. The van der Waals surface area contributed by atoms with E-state index in [1.165, 1.54) is 18.2 Å². The Balaban J connectivity index is 1.32. The zero-order chi connectivity index (χ0) is 25.3. The van der Waals surface area contributed by atoms with E-state index in [0.29, 0.717) is 32.5 Å². The molecule has 5 rings (SSSR count). The molecular formula is C24H22BrF3IN5OS. The van der Waals surface area contributed by atoms with Crippen molar-refractivity contribution in [3.8, 4) is 0 Å². The maximum Gasteiger partial charge on any atom is 0.417 e. The Hall–Kier alpha value is -1.90. The summed E-state index contributed by atoms with van der Waals surface area (Å²) in [5.41, 5.74) is 1.22. The Bertz CT molecular complexity index is 1290. The summed E-state index contributed by atoms with van der Waals surface area (Å²) in [6, 6.07) is 9.00. The van der Waals surface area contributed by atoms with Crippen LogP contribution in [0.5, 0.6) is 0 Å². The van der Waals surface area contributed by atoms with Gasteiger partial charge in [0.1, 0.15) is 22.6 Å². The molecule has 4 heterocycles. The summed E-state index contributed by atoms with van der Waals surface area (Å²) in [7, 11) is -1.87. The minimum absolute atomic E-state index is 0.161. The highest BCUT2D eigenvalue weighted by Crippen LogP contribution is 2.37. The van der Waals surface area contributed by atoms with E-state index >= 15 is 0 Å². The first-order chi connectivity index (χ1) is 17.3. The minimum Gasteiger partial charge on any atom is -0.343 e. The fourth-order valence-electron chi connectivity index (χ4n) is 4.24. The third-order valence-electron chi connectivity index (χ3n) is 6.07. The smallest absolute Gasteiger partial charge is 0.343 e. The SMILES string of the molecule is O=S(c1ccccc1C(F)(F)F)N1CCC(C2=CC(=NCc3cccnc3)N3I=CC(Br)=C3N2)CC1. The van der Waals surface area contributed by atoms with Crippen molar-refractivity contribution in [3.63, 3.8) is 0 Å². The molecule has 190 valence electrons. The molecule has 3 aliphatic heterocycles. The van der Waals surface area contributed by atoms with Gasteiger partial charge in [-0.3, -0.25) is 13.1 Å². The van der Waals surface area contributed by atoms with E-state index < -0.39 is 22.7 Å². The van der Waals surface area contributed by atoms with Crippen LogP contribution in [0.15, 0.2) is 80.8 Å². The second-order valence-electron chi connectivity index (χ2n) is 8.39. The number of aliphatic imine (C=N–C) groups is 1. The van der Waals surface area contributed by atoms with Gasteiger partial charge in [0.2, 0.25) is 0 Å². The normalized spacial score (nSPS) is 21.2. The summed E-state index contributed by atoms with van der Waals surface area (Å²) in [6.07, 6.45) is 2.44. The molecular weight excluding hydrogens is 670 g/mol. The van der Waals surface area contributed by atoms with E-state index in [2.05, 4.69) is 39.4 Å². The number of alkyl halides is 3. The first-order valence-corrected chi connectivity index (χ1v) is 15.3. The fraction of sp³-hybridized carbons (Fsp3) is 0.292. The molecule has 1 fully saturated rings. The highest BCUT2D eigenvalue weighted by Gasteiger charge is 2.37. The van der Waals surface area contributed by atoms with E-state index in [0.717, 1.165) is 33.5 Å². The molecule has 3 aliphatic rings. The quantitative estimate of drug-likeness (QED) is 0.333. The molecule has 0 radical (unpaired) electrons. The molecule has 0 bridgehead atoms. The molecule has 2 aromatic rings. The number of amidine groups is 1. The van der Waals surface area contributed by atoms with Gasteiger partial charge in [0.05, 0.1) is 21.5 Å². The van der Waals surface area contributed by atoms with Crippen LogP contribution in [-0.4, -0.2) is 39.5 Å². The number of allylic oxidation sites excluding steroid dienone is 2. The number of rotatable bonds is 5. The number of hydrogen-bond acceptors (Lipinski definition) is 4. The van der Waals surface area contributed by atoms with Gasteiger partial charge in [-0.25, -0.2) is 8.51 Å². The van der Waals surface area contributed by atoms with Gasteiger partial charge in [-0.1, -0.05) is 18.2 Å². The van der Waals surface area contributed by atoms with Crippen LogP contribution in [0.4, 0.5) is 13.2 Å². The fourth-order valence-corrected chi connectivity index (χ4v) is 8.81. The number of nitrogens with one attached hydrogen (secondary N) is 1. The van der Waals surface area contributed by atoms with Crippen molar-refractivity contribution >= 4 is 57.8 Å². The number of aromatic nitrogens is 1. The van der Waals surface area contributed by atoms with Crippen molar-refractivity contribution in [1.29, 1.82) is 0 Å². The van der Waals surface area contributed by atoms with E-state index in [9.17, 15) is 17.4 Å². The van der Waals surface area contributed by atoms with Gasteiger partial charge in [0.15, 0.2) is 0 Å². The average Bonchev–Trinajstić information content (AvgIpc) is 3.27. The highest BCUT2D eigenvalue weighted by atomic mass is 127. The number of hydrogen-bond donors (Lipinski definition) is 1. The second-order valence-corrected chi connectivity index (χ2v) is 12.8. The zero-order valence-electron chi connectivity index (χ0n) is 18.9. The number of benzene rings is 1. The summed E-state index contributed by atoms with van der Waals surface area (Å²) in [5, 5.41) is 3.55. The highest BCUT2D eigenvalue weighted by molar-refractivity contribution is 14.2. The van der Waals surface area contributed by atoms with Crippen LogP contribution >= 0.6 is 36.9 Å². The van der Waals surface area contributed by atoms with E-state index in [1.54, 1.807) is 16.7 Å². The molecule has 0 saturated carbocycles. The van der Waals surface area contributed by atoms with Gasteiger partial charge in [0.25, 0.3) is 0 Å². The van der Waals surface area contributed by atoms with Gasteiger partial charge in [-0.15, -0.1) is 0 Å². The molecule has 1 N–H and O–H groups in total. The van der Waals surface area contributed by atoms with Gasteiger partial charge >= 0.3 is 6.18 Å². The van der Waals surface area contributed by atoms with Crippen molar-refractivity contribution in [2.45, 2.75) is 30.5 Å². The van der Waals surface area contributed by atoms with Crippen LogP contribution < -0.4 is 5.32 Å². The van der Waals surface area contributed by atoms with Crippen LogP contribution in [0.2, 0.25) is 0 Å². The lowest BCUT2D eigenvalue weighted by Crippen LogP contribution is -2.41. The summed E-state index contributed by atoms with van der Waals surface area (Å²) in [4.78, 5) is 8.84. The van der Waals surface area contributed by atoms with Gasteiger partial charge in [0, 0.05) is 68.2 Å². The summed E-state index contributed by atoms with van der Waals surface area (Å²) < 4.78 is 60.4. The van der Waals surface area contributed by atoms with E-state index in [-0.39, 0.29) is 31.8 Å². The Morgan fingerprint density at radius 1 is 1.19 bits per heavy atom. The molecule has 0 spiro atoms. The van der Waals surface area contributed by atoms with Crippen molar-refractivity contribution in [1.82, 2.24) is 17.7 Å². The van der Waals surface area contributed by atoms with E-state index in [4.69, 9.17) is 4.99 Å². The van der Waals surface area contributed by atoms with Crippen molar-refractivity contribution in [3.05, 3.63) is 82.0 Å². The summed E-state index contributed by atoms with van der Waals surface area (Å²) in [6.45, 7) is 1.40. The number of nitrogens with zero attached hydrogens (tertiary/aromatic N) is 4. The number of pyridine rings is 1. The lowest BCUT2D eigenvalue weighted by atomic mass is 9.93. The molecule has 6 nitrogen and oxygen atoms in total. The zero-order valence-corrected chi connectivity index (χ0v) is 23.4. The maximum absolute atomic E-state index is 13.4. The summed E-state index contributed by atoms with van der Waals surface area (Å²) in [5.74, 6) is 2.04. The van der Waals surface area contributed by atoms with Gasteiger partial charge < -0.3 is 5.32 Å². The predicted molar refractivity (Wildman–Crippen MR) is 147 cm³/mol. The molecule has 1 aromatic carbocycles.